The Hall–Kier alpha value is -2.72. The van der Waals surface area contributed by atoms with E-state index in [2.05, 4.69) is 15.3 Å². The molecule has 0 saturated carbocycles. The molecular formula is C18H16N4O4S2. The summed E-state index contributed by atoms with van der Waals surface area (Å²) in [5, 5.41) is 4.43. The SMILES string of the molecule is CC1(COC(=O)Nc2nccs2)SC2/C(=C\c3ccccn3)C(=O)N2[C@H]1C=O. The Balaban J connectivity index is 1.46. The van der Waals surface area contributed by atoms with Gasteiger partial charge in [-0.15, -0.1) is 23.1 Å². The first-order valence-electron chi connectivity index (χ1n) is 8.43. The van der Waals surface area contributed by atoms with Crippen LogP contribution in [-0.4, -0.2) is 55.9 Å². The van der Waals surface area contributed by atoms with Gasteiger partial charge >= 0.3 is 6.09 Å². The molecule has 2 saturated heterocycles. The summed E-state index contributed by atoms with van der Waals surface area (Å²) in [6.45, 7) is 1.80. The summed E-state index contributed by atoms with van der Waals surface area (Å²) < 4.78 is 4.57. The zero-order chi connectivity index (χ0) is 19.7. The van der Waals surface area contributed by atoms with E-state index in [0.29, 0.717) is 16.4 Å². The molecule has 8 nitrogen and oxygen atoms in total. The minimum absolute atomic E-state index is 0.0184. The molecule has 2 aromatic rings. The van der Waals surface area contributed by atoms with Crippen LogP contribution in [0.4, 0.5) is 9.93 Å². The van der Waals surface area contributed by atoms with E-state index in [1.807, 2.05) is 19.1 Å². The second-order valence-electron chi connectivity index (χ2n) is 6.47. The molecule has 2 amide bonds. The summed E-state index contributed by atoms with van der Waals surface area (Å²) in [7, 11) is 0. The fraction of sp³-hybridized carbons (Fsp3) is 0.278. The standard InChI is InChI=1S/C18H16N4O4S2/c1-18(10-26-17(25)21-16-20-6-7-27-16)13(9-23)22-14(24)12(15(22)28-18)8-11-4-2-3-5-19-11/h2-9,13,15H,10H2,1H3,(H,20,21,25)/b12-8-/t13-,15?,18?/m0/s1. The third-order valence-corrected chi connectivity index (χ3v) is 6.85. The van der Waals surface area contributed by atoms with Gasteiger partial charge in [0.2, 0.25) is 0 Å². The van der Waals surface area contributed by atoms with Crippen LogP contribution in [0.3, 0.4) is 0 Å². The van der Waals surface area contributed by atoms with E-state index in [1.54, 1.807) is 29.9 Å². The van der Waals surface area contributed by atoms with Crippen LogP contribution in [0.15, 0.2) is 41.5 Å². The second-order valence-corrected chi connectivity index (χ2v) is 8.98. The third kappa shape index (κ3) is 3.29. The molecule has 2 aliphatic heterocycles. The normalized spacial score (nSPS) is 27.2. The van der Waals surface area contributed by atoms with Crippen LogP contribution >= 0.6 is 23.1 Å². The van der Waals surface area contributed by atoms with Crippen molar-refractivity contribution in [1.29, 1.82) is 0 Å². The van der Waals surface area contributed by atoms with E-state index in [-0.39, 0.29) is 17.9 Å². The molecular weight excluding hydrogens is 400 g/mol. The van der Waals surface area contributed by atoms with Crippen LogP contribution in [0.25, 0.3) is 6.08 Å². The molecule has 2 aliphatic rings. The van der Waals surface area contributed by atoms with Crippen LogP contribution in [0.5, 0.6) is 0 Å². The molecule has 0 radical (unpaired) electrons. The molecule has 28 heavy (non-hydrogen) atoms. The maximum Gasteiger partial charge on any atom is 0.413 e. The summed E-state index contributed by atoms with van der Waals surface area (Å²) in [6, 6.07) is 4.78. The maximum atomic E-state index is 12.6. The molecule has 0 aromatic carbocycles. The number of rotatable bonds is 5. The largest absolute Gasteiger partial charge is 0.448 e. The zero-order valence-corrected chi connectivity index (χ0v) is 16.4. The van der Waals surface area contributed by atoms with Crippen molar-refractivity contribution in [2.75, 3.05) is 11.9 Å². The molecule has 2 aromatic heterocycles. The number of ether oxygens (including phenoxy) is 1. The van der Waals surface area contributed by atoms with Crippen LogP contribution < -0.4 is 5.32 Å². The van der Waals surface area contributed by atoms with Gasteiger partial charge in [-0.1, -0.05) is 6.07 Å². The lowest BCUT2D eigenvalue weighted by molar-refractivity contribution is -0.139. The molecule has 0 spiro atoms. The number of aromatic nitrogens is 2. The van der Waals surface area contributed by atoms with Crippen LogP contribution in [0.2, 0.25) is 0 Å². The number of pyridine rings is 1. The first kappa shape index (κ1) is 18.6. The van der Waals surface area contributed by atoms with E-state index in [9.17, 15) is 14.4 Å². The summed E-state index contributed by atoms with van der Waals surface area (Å²) in [5.74, 6) is -0.198. The maximum absolute atomic E-state index is 12.6. The molecule has 1 N–H and O–H groups in total. The lowest BCUT2D eigenvalue weighted by Gasteiger charge is -2.38. The van der Waals surface area contributed by atoms with Gasteiger partial charge in [0, 0.05) is 17.8 Å². The first-order chi connectivity index (χ1) is 13.5. The average molecular weight is 416 g/mol. The number of nitrogens with zero attached hydrogens (tertiary/aromatic N) is 3. The van der Waals surface area contributed by atoms with Gasteiger partial charge in [-0.05, 0) is 25.1 Å². The number of β-lactam (4-membered cyclic amide) rings is 1. The van der Waals surface area contributed by atoms with Gasteiger partial charge < -0.3 is 14.4 Å². The number of fused-ring (bicyclic) bond motifs is 1. The predicted molar refractivity (Wildman–Crippen MR) is 106 cm³/mol. The molecule has 144 valence electrons. The number of nitrogens with one attached hydrogen (secondary N) is 1. The summed E-state index contributed by atoms with van der Waals surface area (Å²) in [4.78, 5) is 46.0. The molecule has 0 aliphatic carbocycles. The Morgan fingerprint density at radius 3 is 2.93 bits per heavy atom. The first-order valence-corrected chi connectivity index (χ1v) is 10.2. The van der Waals surface area contributed by atoms with E-state index >= 15 is 0 Å². The highest BCUT2D eigenvalue weighted by Crippen LogP contribution is 2.53. The Morgan fingerprint density at radius 2 is 2.25 bits per heavy atom. The Labute approximate surface area is 169 Å². The van der Waals surface area contributed by atoms with Crippen molar-refractivity contribution in [2.24, 2.45) is 0 Å². The van der Waals surface area contributed by atoms with Crippen molar-refractivity contribution in [1.82, 2.24) is 14.9 Å². The third-order valence-electron chi connectivity index (χ3n) is 4.56. The molecule has 2 fully saturated rings. The van der Waals surface area contributed by atoms with Crippen LogP contribution in [0.1, 0.15) is 12.6 Å². The van der Waals surface area contributed by atoms with Gasteiger partial charge in [0.15, 0.2) is 5.13 Å². The fourth-order valence-electron chi connectivity index (χ4n) is 3.16. The number of carbonyl (C=O) groups excluding carboxylic acids is 3. The van der Waals surface area contributed by atoms with Gasteiger partial charge in [0.1, 0.15) is 24.3 Å². The number of anilines is 1. The van der Waals surface area contributed by atoms with Crippen molar-refractivity contribution >= 4 is 52.6 Å². The van der Waals surface area contributed by atoms with E-state index in [1.165, 1.54) is 28.0 Å². The molecule has 10 heteroatoms. The Morgan fingerprint density at radius 1 is 1.39 bits per heavy atom. The van der Waals surface area contributed by atoms with E-state index < -0.39 is 16.9 Å². The molecule has 4 rings (SSSR count). The number of amides is 2. The minimum atomic E-state index is -0.748. The average Bonchev–Trinajstić information content (AvgIpc) is 3.30. The quantitative estimate of drug-likeness (QED) is 0.454. The van der Waals surface area contributed by atoms with Crippen molar-refractivity contribution < 1.29 is 19.1 Å². The van der Waals surface area contributed by atoms with Gasteiger partial charge in [-0.25, -0.2) is 9.78 Å². The fourth-order valence-corrected chi connectivity index (χ4v) is 5.25. The highest BCUT2D eigenvalue weighted by molar-refractivity contribution is 8.02. The number of carbonyl (C=O) groups is 3. The Bertz CT molecular complexity index is 934. The lowest BCUT2D eigenvalue weighted by atomic mass is 9.95. The number of hydrogen-bond donors (Lipinski definition) is 1. The number of thioether (sulfide) groups is 1. The van der Waals surface area contributed by atoms with Gasteiger partial charge in [-0.2, -0.15) is 0 Å². The summed E-state index contributed by atoms with van der Waals surface area (Å²) >= 11 is 2.71. The summed E-state index contributed by atoms with van der Waals surface area (Å²) in [6.07, 6.45) is 5.06. The highest BCUT2D eigenvalue weighted by Gasteiger charge is 2.60. The minimum Gasteiger partial charge on any atom is -0.448 e. The summed E-state index contributed by atoms with van der Waals surface area (Å²) in [5.41, 5.74) is 1.27. The van der Waals surface area contributed by atoms with Gasteiger partial charge in [-0.3, -0.25) is 15.1 Å². The zero-order valence-electron chi connectivity index (χ0n) is 14.8. The molecule has 3 atom stereocenters. The van der Waals surface area contributed by atoms with Crippen molar-refractivity contribution in [3.63, 3.8) is 0 Å². The smallest absolute Gasteiger partial charge is 0.413 e. The number of aldehydes is 1. The van der Waals surface area contributed by atoms with Crippen LogP contribution in [-0.2, 0) is 14.3 Å². The highest BCUT2D eigenvalue weighted by atomic mass is 32.2. The number of thiazole rings is 1. The monoisotopic (exact) mass is 416 g/mol. The van der Waals surface area contributed by atoms with Crippen LogP contribution in [0, 0.1) is 0 Å². The number of hydrogen-bond acceptors (Lipinski definition) is 8. The molecule has 2 unspecified atom stereocenters. The van der Waals surface area contributed by atoms with Crippen molar-refractivity contribution in [3.05, 3.63) is 47.2 Å². The van der Waals surface area contributed by atoms with Gasteiger partial charge in [0.05, 0.1) is 16.0 Å². The molecule has 0 bridgehead atoms. The second kappa shape index (κ2) is 7.36. The van der Waals surface area contributed by atoms with E-state index in [4.69, 9.17) is 4.74 Å². The van der Waals surface area contributed by atoms with Crippen molar-refractivity contribution in [2.45, 2.75) is 23.1 Å². The molecule has 4 heterocycles. The van der Waals surface area contributed by atoms with E-state index in [0.717, 1.165) is 6.29 Å². The lowest BCUT2D eigenvalue weighted by Crippen LogP contribution is -2.57. The van der Waals surface area contributed by atoms with Gasteiger partial charge in [0.25, 0.3) is 5.91 Å². The van der Waals surface area contributed by atoms with Crippen molar-refractivity contribution in [3.8, 4) is 0 Å². The topological polar surface area (TPSA) is 101 Å². The Kier molecular flexibility index (Phi) is 4.90. The predicted octanol–water partition coefficient (Wildman–Crippen LogP) is 2.41.